The Morgan fingerprint density at radius 1 is 1.16 bits per heavy atom. The minimum absolute atomic E-state index is 0.279. The molecule has 5 rings (SSSR count). The van der Waals surface area contributed by atoms with Gasteiger partial charge in [-0.05, 0) is 42.1 Å². The van der Waals surface area contributed by atoms with Crippen molar-refractivity contribution in [3.8, 4) is 5.69 Å². The lowest BCUT2D eigenvalue weighted by atomic mass is 10.0. The lowest BCUT2D eigenvalue weighted by Gasteiger charge is -2.24. The number of aromatic amines is 1. The molecule has 0 saturated heterocycles. The minimum Gasteiger partial charge on any atom is -0.360 e. The van der Waals surface area contributed by atoms with Gasteiger partial charge < -0.3 is 10.3 Å². The molecule has 3 aromatic heterocycles. The van der Waals surface area contributed by atoms with E-state index in [0.717, 1.165) is 0 Å². The van der Waals surface area contributed by atoms with Crippen LogP contribution in [0.25, 0.3) is 27.6 Å². The molecule has 0 bridgehead atoms. The summed E-state index contributed by atoms with van der Waals surface area (Å²) < 4.78 is 15.5. The number of pyridine rings is 1. The summed E-state index contributed by atoms with van der Waals surface area (Å²) >= 11 is 6.47. The van der Waals surface area contributed by atoms with Crippen LogP contribution in [0.3, 0.4) is 0 Å². The van der Waals surface area contributed by atoms with E-state index < -0.39 is 5.82 Å². The fourth-order valence-corrected chi connectivity index (χ4v) is 4.08. The Kier molecular flexibility index (Phi) is 5.07. The van der Waals surface area contributed by atoms with Gasteiger partial charge in [-0.3, -0.25) is 9.36 Å². The number of halogens is 2. The predicted molar refractivity (Wildman–Crippen MR) is 123 cm³/mol. The zero-order valence-corrected chi connectivity index (χ0v) is 17.8. The summed E-state index contributed by atoms with van der Waals surface area (Å²) in [6, 6.07) is 12.9. The fraction of sp³-hybridized carbons (Fsp3) is 0.130. The van der Waals surface area contributed by atoms with Gasteiger partial charge in [0, 0.05) is 5.69 Å². The molecule has 0 radical (unpaired) electrons. The number of imidazole rings is 1. The summed E-state index contributed by atoms with van der Waals surface area (Å²) in [5, 5.41) is 4.75. The van der Waals surface area contributed by atoms with E-state index in [1.54, 1.807) is 36.7 Å². The zero-order chi connectivity index (χ0) is 22.2. The number of hydrogen-bond donors (Lipinski definition) is 2. The zero-order valence-electron chi connectivity index (χ0n) is 17.0. The molecule has 2 aromatic carbocycles. The van der Waals surface area contributed by atoms with Crippen LogP contribution in [0.15, 0.2) is 66.0 Å². The monoisotopic (exact) mass is 448 g/mol. The van der Waals surface area contributed by atoms with Crippen LogP contribution in [0, 0.1) is 5.82 Å². The van der Waals surface area contributed by atoms with E-state index in [9.17, 15) is 9.18 Å². The topological polar surface area (TPSA) is 88.5 Å². The van der Waals surface area contributed by atoms with Crippen LogP contribution in [-0.4, -0.2) is 24.5 Å². The highest BCUT2D eigenvalue weighted by atomic mass is 35.5. The van der Waals surface area contributed by atoms with Crippen molar-refractivity contribution in [3.05, 3.63) is 88.1 Å². The van der Waals surface area contributed by atoms with Gasteiger partial charge in [0.2, 0.25) is 0 Å². The van der Waals surface area contributed by atoms with E-state index in [-0.39, 0.29) is 17.0 Å². The standard InChI is InChI=1S/C23H18ClFN6O/c1-2-17(30-22-20-21(27-11-26-20)28-12-29-22)19-9-13-7-8-14(25)10-15(13)23(32)31(19)18-6-4-3-5-16(18)24/h3-12,17H,2H2,1H3,(H2,26,27,28,29,30)/t17-/m1/s1. The Morgan fingerprint density at radius 3 is 2.81 bits per heavy atom. The third-order valence-corrected chi connectivity index (χ3v) is 5.72. The summed E-state index contributed by atoms with van der Waals surface area (Å²) in [4.78, 5) is 29.3. The Balaban J connectivity index is 1.75. The Labute approximate surface area is 186 Å². The van der Waals surface area contributed by atoms with Crippen molar-refractivity contribution >= 4 is 39.4 Å². The number of H-pyrrole nitrogens is 1. The molecule has 9 heteroatoms. The number of benzene rings is 2. The summed E-state index contributed by atoms with van der Waals surface area (Å²) in [6.45, 7) is 2.00. The fourth-order valence-electron chi connectivity index (χ4n) is 3.86. The summed E-state index contributed by atoms with van der Waals surface area (Å²) in [5.41, 5.74) is 2.06. The van der Waals surface area contributed by atoms with Crippen molar-refractivity contribution in [2.75, 3.05) is 5.32 Å². The van der Waals surface area contributed by atoms with Crippen LogP contribution in [0.1, 0.15) is 25.1 Å². The van der Waals surface area contributed by atoms with Crippen molar-refractivity contribution in [2.45, 2.75) is 19.4 Å². The quantitative estimate of drug-likeness (QED) is 0.394. The van der Waals surface area contributed by atoms with Gasteiger partial charge in [0.15, 0.2) is 11.5 Å². The summed E-state index contributed by atoms with van der Waals surface area (Å²) in [7, 11) is 0. The van der Waals surface area contributed by atoms with Crippen LogP contribution < -0.4 is 10.9 Å². The maximum atomic E-state index is 14.0. The first-order valence-corrected chi connectivity index (χ1v) is 10.5. The third-order valence-electron chi connectivity index (χ3n) is 5.40. The normalized spacial score (nSPS) is 12.3. The molecule has 0 spiro atoms. The Hall–Kier alpha value is -3.78. The number of aromatic nitrogens is 5. The number of nitrogens with one attached hydrogen (secondary N) is 2. The van der Waals surface area contributed by atoms with Gasteiger partial charge in [-0.2, -0.15) is 0 Å². The smallest absolute Gasteiger partial charge is 0.263 e. The molecule has 0 aliphatic heterocycles. The molecule has 5 aromatic rings. The highest BCUT2D eigenvalue weighted by molar-refractivity contribution is 6.32. The number of hydrogen-bond acceptors (Lipinski definition) is 5. The van der Waals surface area contributed by atoms with Crippen molar-refractivity contribution in [2.24, 2.45) is 0 Å². The Morgan fingerprint density at radius 2 is 2.00 bits per heavy atom. The van der Waals surface area contributed by atoms with Gasteiger partial charge in [-0.1, -0.05) is 36.7 Å². The molecule has 0 amide bonds. The molecule has 32 heavy (non-hydrogen) atoms. The van der Waals surface area contributed by atoms with Gasteiger partial charge in [0.05, 0.1) is 28.5 Å². The Bertz CT molecular complexity index is 1510. The largest absolute Gasteiger partial charge is 0.360 e. The number of anilines is 1. The SMILES string of the molecule is CC[C@@H](Nc1ncnc2nc[nH]c12)c1cc2ccc(F)cc2c(=O)n1-c1ccccc1Cl. The van der Waals surface area contributed by atoms with Gasteiger partial charge in [0.1, 0.15) is 17.7 Å². The highest BCUT2D eigenvalue weighted by Crippen LogP contribution is 2.30. The number of rotatable bonds is 5. The van der Waals surface area contributed by atoms with Crippen LogP contribution in [0.4, 0.5) is 10.2 Å². The van der Waals surface area contributed by atoms with Gasteiger partial charge in [-0.15, -0.1) is 0 Å². The number of nitrogens with zero attached hydrogens (tertiary/aromatic N) is 4. The minimum atomic E-state index is -0.471. The van der Waals surface area contributed by atoms with E-state index in [1.807, 2.05) is 13.0 Å². The van der Waals surface area contributed by atoms with Crippen molar-refractivity contribution in [1.82, 2.24) is 24.5 Å². The first-order chi connectivity index (χ1) is 15.6. The van der Waals surface area contributed by atoms with Crippen LogP contribution >= 0.6 is 11.6 Å². The lowest BCUT2D eigenvalue weighted by molar-refractivity contribution is 0.629. The second kappa shape index (κ2) is 8.05. The lowest BCUT2D eigenvalue weighted by Crippen LogP contribution is -2.27. The second-order valence-corrected chi connectivity index (χ2v) is 7.73. The maximum absolute atomic E-state index is 14.0. The molecule has 3 heterocycles. The number of para-hydroxylation sites is 1. The molecule has 0 aliphatic carbocycles. The van der Waals surface area contributed by atoms with Gasteiger partial charge in [0.25, 0.3) is 5.56 Å². The first kappa shape index (κ1) is 20.1. The summed E-state index contributed by atoms with van der Waals surface area (Å²) in [5.74, 6) is 0.0950. The van der Waals surface area contributed by atoms with Gasteiger partial charge >= 0.3 is 0 Å². The molecule has 0 saturated carbocycles. The van der Waals surface area contributed by atoms with Crippen LogP contribution in [0.5, 0.6) is 0 Å². The van der Waals surface area contributed by atoms with E-state index in [4.69, 9.17) is 11.6 Å². The average Bonchev–Trinajstić information content (AvgIpc) is 3.28. The van der Waals surface area contributed by atoms with E-state index in [2.05, 4.69) is 25.3 Å². The van der Waals surface area contributed by atoms with E-state index in [1.165, 1.54) is 23.0 Å². The molecule has 0 aliphatic rings. The van der Waals surface area contributed by atoms with E-state index in [0.29, 0.717) is 45.2 Å². The van der Waals surface area contributed by atoms with Gasteiger partial charge in [-0.25, -0.2) is 19.3 Å². The van der Waals surface area contributed by atoms with Crippen molar-refractivity contribution in [1.29, 1.82) is 0 Å². The molecule has 160 valence electrons. The molecule has 0 unspecified atom stereocenters. The second-order valence-electron chi connectivity index (χ2n) is 7.32. The highest BCUT2D eigenvalue weighted by Gasteiger charge is 2.21. The molecule has 0 fully saturated rings. The molecule has 1 atom stereocenters. The van der Waals surface area contributed by atoms with Crippen LogP contribution in [0.2, 0.25) is 5.02 Å². The van der Waals surface area contributed by atoms with Crippen LogP contribution in [-0.2, 0) is 0 Å². The molecular weight excluding hydrogens is 431 g/mol. The average molecular weight is 449 g/mol. The van der Waals surface area contributed by atoms with Crippen molar-refractivity contribution in [3.63, 3.8) is 0 Å². The number of fused-ring (bicyclic) bond motifs is 2. The van der Waals surface area contributed by atoms with Crippen molar-refractivity contribution < 1.29 is 4.39 Å². The summed E-state index contributed by atoms with van der Waals surface area (Å²) in [6.07, 6.45) is 3.62. The third kappa shape index (κ3) is 3.38. The molecule has 7 nitrogen and oxygen atoms in total. The predicted octanol–water partition coefficient (Wildman–Crippen LogP) is 5.01. The van der Waals surface area contributed by atoms with E-state index >= 15 is 0 Å². The molecule has 2 N–H and O–H groups in total. The molecular formula is C23H18ClFN6O. The first-order valence-electron chi connectivity index (χ1n) is 10.1. The maximum Gasteiger partial charge on any atom is 0.263 e.